The summed E-state index contributed by atoms with van der Waals surface area (Å²) in [4.78, 5) is 16.4. The van der Waals surface area contributed by atoms with Gasteiger partial charge in [-0.25, -0.2) is 9.78 Å². The molecule has 2 aromatic heterocycles. The first-order valence-corrected chi connectivity index (χ1v) is 8.14. The molecule has 1 aliphatic rings. The second-order valence-electron chi connectivity index (χ2n) is 5.76. The van der Waals surface area contributed by atoms with Crippen molar-refractivity contribution in [3.05, 3.63) is 40.7 Å². The average Bonchev–Trinajstić information content (AvgIpc) is 2.97. The predicted octanol–water partition coefficient (Wildman–Crippen LogP) is 2.39. The molecule has 6 nitrogen and oxygen atoms in total. The smallest absolute Gasteiger partial charge is 0.315 e. The highest BCUT2D eigenvalue weighted by Crippen LogP contribution is 2.41. The molecule has 0 unspecified atom stereocenters. The van der Waals surface area contributed by atoms with Crippen LogP contribution in [0.5, 0.6) is 0 Å². The molecular formula is C15H19N3O3S. The maximum absolute atomic E-state index is 12.1. The molecule has 2 aromatic rings. The molecule has 0 aliphatic heterocycles. The lowest BCUT2D eigenvalue weighted by molar-refractivity contribution is 0.0366. The van der Waals surface area contributed by atoms with E-state index in [1.165, 1.54) is 6.26 Å². The summed E-state index contributed by atoms with van der Waals surface area (Å²) in [5, 5.41) is 18.8. The summed E-state index contributed by atoms with van der Waals surface area (Å²) in [6, 6.07) is 3.03. The quantitative estimate of drug-likeness (QED) is 0.762. The number of aromatic nitrogens is 1. The van der Waals surface area contributed by atoms with Gasteiger partial charge in [0, 0.05) is 11.6 Å². The maximum atomic E-state index is 12.1. The Morgan fingerprint density at radius 1 is 1.64 bits per heavy atom. The number of urea groups is 1. The Bertz CT molecular complexity index is 606. The molecular weight excluding hydrogens is 302 g/mol. The highest BCUT2D eigenvalue weighted by molar-refractivity contribution is 7.09. The molecule has 2 atom stereocenters. The second-order valence-corrected chi connectivity index (χ2v) is 6.69. The topological polar surface area (TPSA) is 87.4 Å². The third kappa shape index (κ3) is 3.48. The zero-order chi connectivity index (χ0) is 15.6. The lowest BCUT2D eigenvalue weighted by Crippen LogP contribution is -2.44. The van der Waals surface area contributed by atoms with Crippen molar-refractivity contribution in [2.75, 3.05) is 6.54 Å². The molecule has 22 heavy (non-hydrogen) atoms. The number of rotatable bonds is 6. The molecule has 3 rings (SSSR count). The van der Waals surface area contributed by atoms with Gasteiger partial charge in [0.25, 0.3) is 0 Å². The van der Waals surface area contributed by atoms with Crippen LogP contribution in [0.25, 0.3) is 0 Å². The van der Waals surface area contributed by atoms with Gasteiger partial charge in [-0.1, -0.05) is 0 Å². The minimum absolute atomic E-state index is 0.0476. The van der Waals surface area contributed by atoms with E-state index in [0.29, 0.717) is 11.7 Å². The Morgan fingerprint density at radius 2 is 2.45 bits per heavy atom. The van der Waals surface area contributed by atoms with Gasteiger partial charge in [-0.05, 0) is 37.8 Å². The summed E-state index contributed by atoms with van der Waals surface area (Å²) < 4.78 is 5.19. The molecule has 0 spiro atoms. The molecule has 118 valence electrons. The average molecular weight is 321 g/mol. The highest BCUT2D eigenvalue weighted by Gasteiger charge is 2.35. The standard InChI is InChI=1S/C15H19N3O3S/c1-15(20,11-3-2-7-21-11)9-17-14(19)18-12(10-4-5-10)13-16-6-8-22-13/h2-3,6-8,10,12,20H,4-5,9H2,1H3,(H2,17,18,19)/t12-,15-/m1/s1. The lowest BCUT2D eigenvalue weighted by atomic mass is 10.0. The number of aliphatic hydroxyl groups is 1. The van der Waals surface area contributed by atoms with Crippen molar-refractivity contribution in [3.8, 4) is 0 Å². The van der Waals surface area contributed by atoms with Gasteiger partial charge >= 0.3 is 6.03 Å². The minimum atomic E-state index is -1.24. The number of hydrogen-bond acceptors (Lipinski definition) is 5. The van der Waals surface area contributed by atoms with Crippen molar-refractivity contribution in [3.63, 3.8) is 0 Å². The summed E-state index contributed by atoms with van der Waals surface area (Å²) in [6.07, 6.45) is 5.45. The first kappa shape index (κ1) is 15.1. The van der Waals surface area contributed by atoms with E-state index in [1.807, 2.05) is 5.38 Å². The maximum Gasteiger partial charge on any atom is 0.315 e. The molecule has 1 fully saturated rings. The number of amides is 2. The number of carbonyl (C=O) groups excluding carboxylic acids is 1. The monoisotopic (exact) mass is 321 g/mol. The SMILES string of the molecule is C[C@@](O)(CNC(=O)N[C@@H](c1nccs1)C1CC1)c1ccco1. The summed E-state index contributed by atoms with van der Waals surface area (Å²) >= 11 is 1.55. The molecule has 0 radical (unpaired) electrons. The van der Waals surface area contributed by atoms with Gasteiger partial charge in [-0.3, -0.25) is 0 Å². The molecule has 1 aliphatic carbocycles. The van der Waals surface area contributed by atoms with Crippen molar-refractivity contribution in [2.24, 2.45) is 5.92 Å². The van der Waals surface area contributed by atoms with Crippen LogP contribution in [0.3, 0.4) is 0 Å². The van der Waals surface area contributed by atoms with Crippen LogP contribution in [0.1, 0.15) is 36.6 Å². The van der Waals surface area contributed by atoms with Gasteiger partial charge in [-0.2, -0.15) is 0 Å². The van der Waals surface area contributed by atoms with E-state index in [9.17, 15) is 9.90 Å². The Balaban J connectivity index is 1.56. The van der Waals surface area contributed by atoms with Crippen LogP contribution in [-0.4, -0.2) is 22.7 Å². The fourth-order valence-corrected chi connectivity index (χ4v) is 3.10. The van der Waals surface area contributed by atoms with Gasteiger partial charge in [0.05, 0.1) is 18.8 Å². The number of carbonyl (C=O) groups is 1. The van der Waals surface area contributed by atoms with Crippen LogP contribution in [0.2, 0.25) is 0 Å². The zero-order valence-electron chi connectivity index (χ0n) is 12.3. The Kier molecular flexibility index (Phi) is 4.17. The van der Waals surface area contributed by atoms with Crippen LogP contribution in [0, 0.1) is 5.92 Å². The van der Waals surface area contributed by atoms with Gasteiger partial charge < -0.3 is 20.2 Å². The first-order valence-electron chi connectivity index (χ1n) is 7.26. The van der Waals surface area contributed by atoms with Crippen molar-refractivity contribution < 1.29 is 14.3 Å². The molecule has 0 aromatic carbocycles. The highest BCUT2D eigenvalue weighted by atomic mass is 32.1. The van der Waals surface area contributed by atoms with Crippen LogP contribution in [0.4, 0.5) is 4.79 Å². The number of furan rings is 1. The number of nitrogens with zero attached hydrogens (tertiary/aromatic N) is 1. The van der Waals surface area contributed by atoms with Crippen molar-refractivity contribution in [1.29, 1.82) is 0 Å². The molecule has 0 bridgehead atoms. The van der Waals surface area contributed by atoms with Crippen molar-refractivity contribution in [2.45, 2.75) is 31.4 Å². The third-order valence-corrected chi connectivity index (χ3v) is 4.60. The van der Waals surface area contributed by atoms with E-state index in [2.05, 4.69) is 15.6 Å². The van der Waals surface area contributed by atoms with Gasteiger partial charge in [0.2, 0.25) is 0 Å². The van der Waals surface area contributed by atoms with E-state index in [0.717, 1.165) is 17.8 Å². The third-order valence-electron chi connectivity index (χ3n) is 3.74. The fourth-order valence-electron chi connectivity index (χ4n) is 2.32. The Morgan fingerprint density at radius 3 is 3.05 bits per heavy atom. The minimum Gasteiger partial charge on any atom is -0.466 e. The largest absolute Gasteiger partial charge is 0.466 e. The van der Waals surface area contributed by atoms with Crippen LogP contribution in [0.15, 0.2) is 34.4 Å². The number of thiazole rings is 1. The van der Waals surface area contributed by atoms with Gasteiger partial charge in [-0.15, -0.1) is 11.3 Å². The molecule has 0 saturated heterocycles. The van der Waals surface area contributed by atoms with E-state index in [4.69, 9.17) is 4.42 Å². The lowest BCUT2D eigenvalue weighted by Gasteiger charge is -2.22. The van der Waals surface area contributed by atoms with Crippen LogP contribution < -0.4 is 10.6 Å². The summed E-state index contributed by atoms with van der Waals surface area (Å²) in [5.74, 6) is 0.883. The predicted molar refractivity (Wildman–Crippen MR) is 82.4 cm³/mol. The molecule has 1 saturated carbocycles. The van der Waals surface area contributed by atoms with E-state index >= 15 is 0 Å². The Labute approximate surface area is 132 Å². The number of nitrogens with one attached hydrogen (secondary N) is 2. The second kappa shape index (κ2) is 6.10. The summed E-state index contributed by atoms with van der Waals surface area (Å²) in [5.41, 5.74) is -1.24. The van der Waals surface area contributed by atoms with Gasteiger partial charge in [0.1, 0.15) is 16.4 Å². The number of hydrogen-bond donors (Lipinski definition) is 3. The normalized spacial score (nSPS) is 18.5. The Hall–Kier alpha value is -1.86. The summed E-state index contributed by atoms with van der Waals surface area (Å²) in [6.45, 7) is 1.67. The van der Waals surface area contributed by atoms with Crippen molar-refractivity contribution in [1.82, 2.24) is 15.6 Å². The van der Waals surface area contributed by atoms with Crippen LogP contribution >= 0.6 is 11.3 Å². The molecule has 2 heterocycles. The van der Waals surface area contributed by atoms with E-state index in [-0.39, 0.29) is 18.6 Å². The van der Waals surface area contributed by atoms with E-state index in [1.54, 1.807) is 36.6 Å². The van der Waals surface area contributed by atoms with E-state index < -0.39 is 5.60 Å². The molecule has 7 heteroatoms. The van der Waals surface area contributed by atoms with Crippen molar-refractivity contribution >= 4 is 17.4 Å². The molecule has 3 N–H and O–H groups in total. The van der Waals surface area contributed by atoms with Gasteiger partial charge in [0.15, 0.2) is 0 Å². The van der Waals surface area contributed by atoms with Crippen LogP contribution in [-0.2, 0) is 5.60 Å². The zero-order valence-corrected chi connectivity index (χ0v) is 13.1. The first-order chi connectivity index (χ1) is 10.6. The molecule has 2 amide bonds. The fraction of sp³-hybridized carbons (Fsp3) is 0.467. The summed E-state index contributed by atoms with van der Waals surface area (Å²) in [7, 11) is 0.